The Hall–Kier alpha value is -1.53. The quantitative estimate of drug-likeness (QED) is 0.774. The van der Waals surface area contributed by atoms with Crippen LogP contribution in [0.2, 0.25) is 0 Å². The molecular formula is C19H26N2O3S. The summed E-state index contributed by atoms with van der Waals surface area (Å²) < 4.78 is 4.83. The van der Waals surface area contributed by atoms with Crippen LogP contribution in [0.3, 0.4) is 0 Å². The van der Waals surface area contributed by atoms with Crippen LogP contribution in [0, 0.1) is 5.92 Å². The molecule has 0 aromatic heterocycles. The molecule has 2 aliphatic rings. The van der Waals surface area contributed by atoms with Crippen LogP contribution in [0.1, 0.15) is 26.2 Å². The summed E-state index contributed by atoms with van der Waals surface area (Å²) in [5, 5.41) is 0.509. The fourth-order valence-corrected chi connectivity index (χ4v) is 4.63. The van der Waals surface area contributed by atoms with E-state index in [1.54, 1.807) is 0 Å². The van der Waals surface area contributed by atoms with Gasteiger partial charge in [-0.05, 0) is 44.5 Å². The number of rotatable bonds is 3. The van der Waals surface area contributed by atoms with Gasteiger partial charge in [-0.15, -0.1) is 11.8 Å². The number of piperidine rings is 1. The van der Waals surface area contributed by atoms with E-state index >= 15 is 0 Å². The van der Waals surface area contributed by atoms with Crippen LogP contribution >= 0.6 is 11.8 Å². The molecule has 1 atom stereocenters. The number of likely N-dealkylation sites (tertiary alicyclic amines) is 1. The number of amides is 1. The van der Waals surface area contributed by atoms with Crippen LogP contribution in [0.4, 0.5) is 5.69 Å². The molecule has 0 aliphatic carbocycles. The first-order chi connectivity index (χ1) is 12.1. The van der Waals surface area contributed by atoms with Crippen molar-refractivity contribution in [2.45, 2.75) is 36.3 Å². The first kappa shape index (κ1) is 18.3. The number of methoxy groups -OCH3 is 1. The van der Waals surface area contributed by atoms with Crippen molar-refractivity contribution < 1.29 is 14.3 Å². The van der Waals surface area contributed by atoms with Gasteiger partial charge in [-0.25, -0.2) is 0 Å². The van der Waals surface area contributed by atoms with Gasteiger partial charge in [-0.2, -0.15) is 0 Å². The molecule has 6 heteroatoms. The maximum absolute atomic E-state index is 12.9. The minimum absolute atomic E-state index is 0.0208. The van der Waals surface area contributed by atoms with Crippen molar-refractivity contribution in [3.05, 3.63) is 24.3 Å². The molecule has 0 saturated carbocycles. The SMILES string of the molecule is COC(=O)C1CCN(CC(=O)N2CC[C@H](C)Sc3ccccc32)CC1. The third-order valence-electron chi connectivity index (χ3n) is 5.03. The lowest BCUT2D eigenvalue weighted by Gasteiger charge is -2.32. The second-order valence-electron chi connectivity index (χ2n) is 6.80. The second kappa shape index (κ2) is 8.23. The number of anilines is 1. The van der Waals surface area contributed by atoms with Crippen LogP contribution in [0.15, 0.2) is 29.2 Å². The highest BCUT2D eigenvalue weighted by molar-refractivity contribution is 8.00. The normalized spacial score (nSPS) is 22.2. The fourth-order valence-electron chi connectivity index (χ4n) is 3.52. The Morgan fingerprint density at radius 1 is 1.16 bits per heavy atom. The Labute approximate surface area is 153 Å². The third-order valence-corrected chi connectivity index (χ3v) is 6.26. The number of hydrogen-bond acceptors (Lipinski definition) is 5. The molecule has 25 heavy (non-hydrogen) atoms. The summed E-state index contributed by atoms with van der Waals surface area (Å²) in [6.07, 6.45) is 2.53. The standard InChI is InChI=1S/C19H26N2O3S/c1-14-7-12-21(16-5-3-4-6-17(16)25-14)18(22)13-20-10-8-15(9-11-20)19(23)24-2/h3-6,14-15H,7-13H2,1-2H3/t14-/m0/s1. The highest BCUT2D eigenvalue weighted by atomic mass is 32.2. The van der Waals surface area contributed by atoms with E-state index in [1.165, 1.54) is 12.0 Å². The Bertz CT molecular complexity index is 629. The number of para-hydroxylation sites is 1. The van der Waals surface area contributed by atoms with E-state index < -0.39 is 0 Å². The lowest BCUT2D eigenvalue weighted by atomic mass is 9.97. The summed E-state index contributed by atoms with van der Waals surface area (Å²) in [4.78, 5) is 29.9. The molecule has 0 N–H and O–H groups in total. The predicted molar refractivity (Wildman–Crippen MR) is 99.9 cm³/mol. The molecule has 0 unspecified atom stereocenters. The van der Waals surface area contributed by atoms with Gasteiger partial charge in [-0.3, -0.25) is 14.5 Å². The molecule has 0 radical (unpaired) electrons. The van der Waals surface area contributed by atoms with Crippen molar-refractivity contribution in [2.75, 3.05) is 38.2 Å². The molecule has 1 aromatic rings. The van der Waals surface area contributed by atoms with Gasteiger partial charge >= 0.3 is 5.97 Å². The van der Waals surface area contributed by atoms with Crippen molar-refractivity contribution >= 4 is 29.3 Å². The molecule has 1 amide bonds. The van der Waals surface area contributed by atoms with Gasteiger partial charge < -0.3 is 9.64 Å². The molecule has 0 spiro atoms. The van der Waals surface area contributed by atoms with E-state index in [9.17, 15) is 9.59 Å². The van der Waals surface area contributed by atoms with Gasteiger partial charge in [0, 0.05) is 16.7 Å². The van der Waals surface area contributed by atoms with E-state index in [2.05, 4.69) is 17.9 Å². The van der Waals surface area contributed by atoms with Crippen LogP contribution in [0.25, 0.3) is 0 Å². The van der Waals surface area contributed by atoms with Crippen LogP contribution in [-0.4, -0.2) is 55.3 Å². The van der Waals surface area contributed by atoms with E-state index in [-0.39, 0.29) is 17.8 Å². The summed E-state index contributed by atoms with van der Waals surface area (Å²) in [7, 11) is 1.44. The number of hydrogen-bond donors (Lipinski definition) is 0. The van der Waals surface area contributed by atoms with Crippen molar-refractivity contribution in [1.82, 2.24) is 4.90 Å². The van der Waals surface area contributed by atoms with Crippen LogP contribution in [-0.2, 0) is 14.3 Å². The molecule has 2 heterocycles. The van der Waals surface area contributed by atoms with Crippen molar-refractivity contribution in [3.63, 3.8) is 0 Å². The van der Waals surface area contributed by atoms with Crippen molar-refractivity contribution in [1.29, 1.82) is 0 Å². The smallest absolute Gasteiger partial charge is 0.308 e. The summed E-state index contributed by atoms with van der Waals surface area (Å²) >= 11 is 1.85. The first-order valence-electron chi connectivity index (χ1n) is 8.94. The number of nitrogens with zero attached hydrogens (tertiary/aromatic N) is 2. The zero-order valence-corrected chi connectivity index (χ0v) is 15.8. The number of ether oxygens (including phenoxy) is 1. The van der Waals surface area contributed by atoms with E-state index in [1.807, 2.05) is 34.9 Å². The van der Waals surface area contributed by atoms with Gasteiger partial charge in [0.15, 0.2) is 0 Å². The average Bonchev–Trinajstić information content (AvgIpc) is 2.79. The maximum atomic E-state index is 12.9. The van der Waals surface area contributed by atoms with Crippen LogP contribution < -0.4 is 4.90 Å². The second-order valence-corrected chi connectivity index (χ2v) is 8.28. The molecule has 3 rings (SSSR count). The predicted octanol–water partition coefficient (Wildman–Crippen LogP) is 2.79. The minimum Gasteiger partial charge on any atom is -0.469 e. The fraction of sp³-hybridized carbons (Fsp3) is 0.579. The number of esters is 1. The van der Waals surface area contributed by atoms with Gasteiger partial charge in [-0.1, -0.05) is 19.1 Å². The third kappa shape index (κ3) is 4.36. The molecule has 5 nitrogen and oxygen atoms in total. The molecule has 136 valence electrons. The zero-order valence-electron chi connectivity index (χ0n) is 14.9. The van der Waals surface area contributed by atoms with Crippen LogP contribution in [0.5, 0.6) is 0 Å². The number of carbonyl (C=O) groups is 2. The summed E-state index contributed by atoms with van der Waals surface area (Å²) in [6.45, 7) is 4.94. The minimum atomic E-state index is -0.126. The Balaban J connectivity index is 1.63. The Morgan fingerprint density at radius 2 is 1.88 bits per heavy atom. The highest BCUT2D eigenvalue weighted by Gasteiger charge is 2.29. The lowest BCUT2D eigenvalue weighted by Crippen LogP contribution is -2.45. The van der Waals surface area contributed by atoms with Gasteiger partial charge in [0.05, 0.1) is 25.3 Å². The number of fused-ring (bicyclic) bond motifs is 1. The van der Waals surface area contributed by atoms with E-state index in [0.29, 0.717) is 11.8 Å². The van der Waals surface area contributed by atoms with E-state index in [0.717, 1.165) is 44.6 Å². The molecule has 1 saturated heterocycles. The number of thioether (sulfide) groups is 1. The Kier molecular flexibility index (Phi) is 6.02. The molecule has 1 aromatic carbocycles. The summed E-state index contributed by atoms with van der Waals surface area (Å²) in [6, 6.07) is 8.17. The van der Waals surface area contributed by atoms with E-state index in [4.69, 9.17) is 4.74 Å². The highest BCUT2D eigenvalue weighted by Crippen LogP contribution is 2.37. The van der Waals surface area contributed by atoms with Gasteiger partial charge in [0.2, 0.25) is 5.91 Å². The van der Waals surface area contributed by atoms with Gasteiger partial charge in [0.1, 0.15) is 0 Å². The molecule has 2 aliphatic heterocycles. The molecule has 1 fully saturated rings. The topological polar surface area (TPSA) is 49.9 Å². The average molecular weight is 362 g/mol. The Morgan fingerprint density at radius 3 is 2.60 bits per heavy atom. The molecular weight excluding hydrogens is 336 g/mol. The first-order valence-corrected chi connectivity index (χ1v) is 9.82. The zero-order chi connectivity index (χ0) is 17.8. The summed E-state index contributed by atoms with van der Waals surface area (Å²) in [5.74, 6) is 0.00427. The monoisotopic (exact) mass is 362 g/mol. The van der Waals surface area contributed by atoms with Crippen molar-refractivity contribution in [3.8, 4) is 0 Å². The lowest BCUT2D eigenvalue weighted by molar-refractivity contribution is -0.147. The van der Waals surface area contributed by atoms with Crippen molar-refractivity contribution in [2.24, 2.45) is 5.92 Å². The van der Waals surface area contributed by atoms with Gasteiger partial charge in [0.25, 0.3) is 0 Å². The number of carbonyl (C=O) groups excluding carboxylic acids is 2. The summed E-state index contributed by atoms with van der Waals surface area (Å²) in [5.41, 5.74) is 1.03. The maximum Gasteiger partial charge on any atom is 0.308 e. The number of benzene rings is 1. The largest absolute Gasteiger partial charge is 0.469 e. The molecule has 0 bridgehead atoms.